The second-order valence-electron chi connectivity index (χ2n) is 7.05. The van der Waals surface area contributed by atoms with E-state index in [0.717, 1.165) is 17.6 Å². The molecule has 1 heterocycles. The van der Waals surface area contributed by atoms with Crippen molar-refractivity contribution in [3.63, 3.8) is 0 Å². The van der Waals surface area contributed by atoms with Gasteiger partial charge in [-0.1, -0.05) is 58.4 Å². The maximum atomic E-state index is 3.74. The monoisotopic (exact) mass is 394 g/mol. The molecule has 3 heteroatoms. The largest absolute Gasteiger partial charge is 0.381 e. The number of hydrogen-bond acceptors (Lipinski definition) is 2. The molecule has 2 nitrogen and oxygen atoms in total. The van der Waals surface area contributed by atoms with Crippen molar-refractivity contribution in [1.82, 2.24) is 4.90 Å². The molecule has 0 aliphatic carbocycles. The van der Waals surface area contributed by atoms with Crippen LogP contribution in [0.4, 0.5) is 5.69 Å². The second-order valence-corrected chi connectivity index (χ2v) is 7.96. The van der Waals surface area contributed by atoms with Gasteiger partial charge in [0.2, 0.25) is 0 Å². The first-order chi connectivity index (χ1) is 12.2. The molecule has 3 aromatic rings. The molecule has 0 radical (unpaired) electrons. The average molecular weight is 395 g/mol. The van der Waals surface area contributed by atoms with E-state index in [-0.39, 0.29) is 0 Å². The first-order valence-electron chi connectivity index (χ1n) is 8.91. The van der Waals surface area contributed by atoms with Crippen LogP contribution in [-0.2, 0) is 6.54 Å². The summed E-state index contributed by atoms with van der Waals surface area (Å²) in [5, 5.41) is 6.29. The Hall–Kier alpha value is -1.84. The second kappa shape index (κ2) is 7.19. The Kier molecular flexibility index (Phi) is 4.78. The predicted molar refractivity (Wildman–Crippen MR) is 110 cm³/mol. The zero-order valence-corrected chi connectivity index (χ0v) is 16.0. The number of nitrogens with one attached hydrogen (secondary N) is 1. The van der Waals surface area contributed by atoms with Gasteiger partial charge in [-0.3, -0.25) is 4.90 Å². The summed E-state index contributed by atoms with van der Waals surface area (Å²) in [7, 11) is 0. The molecule has 1 N–H and O–H groups in total. The number of anilines is 1. The highest BCUT2D eigenvalue weighted by Crippen LogP contribution is 2.26. The van der Waals surface area contributed by atoms with Crippen molar-refractivity contribution in [2.45, 2.75) is 32.0 Å². The van der Waals surface area contributed by atoms with Crippen LogP contribution >= 0.6 is 15.9 Å². The van der Waals surface area contributed by atoms with E-state index in [1.807, 2.05) is 0 Å². The molecule has 3 aromatic carbocycles. The van der Waals surface area contributed by atoms with Crippen LogP contribution in [0.3, 0.4) is 0 Å². The van der Waals surface area contributed by atoms with Gasteiger partial charge in [0, 0.05) is 35.3 Å². The van der Waals surface area contributed by atoms with Crippen LogP contribution in [0.5, 0.6) is 0 Å². The van der Waals surface area contributed by atoms with Gasteiger partial charge < -0.3 is 5.32 Å². The van der Waals surface area contributed by atoms with E-state index in [0.29, 0.717) is 12.1 Å². The summed E-state index contributed by atoms with van der Waals surface area (Å²) in [5.41, 5.74) is 2.61. The third kappa shape index (κ3) is 3.88. The van der Waals surface area contributed by atoms with E-state index >= 15 is 0 Å². The van der Waals surface area contributed by atoms with E-state index in [4.69, 9.17) is 0 Å². The number of likely N-dealkylation sites (tertiary alicyclic amines) is 1. The number of rotatable bonds is 4. The molecule has 1 aliphatic heterocycles. The van der Waals surface area contributed by atoms with Crippen molar-refractivity contribution in [3.05, 3.63) is 76.8 Å². The summed E-state index contributed by atoms with van der Waals surface area (Å²) in [6.45, 7) is 4.46. The van der Waals surface area contributed by atoms with Crippen LogP contribution < -0.4 is 5.32 Å². The van der Waals surface area contributed by atoms with Crippen LogP contribution in [-0.4, -0.2) is 23.5 Å². The molecule has 4 rings (SSSR count). The van der Waals surface area contributed by atoms with Gasteiger partial charge >= 0.3 is 0 Å². The normalized spacial score (nSPS) is 20.9. The van der Waals surface area contributed by atoms with Crippen molar-refractivity contribution in [1.29, 1.82) is 0 Å². The fourth-order valence-corrected chi connectivity index (χ4v) is 4.16. The highest BCUT2D eigenvalue weighted by atomic mass is 79.9. The number of hydrogen-bond donors (Lipinski definition) is 1. The summed E-state index contributed by atoms with van der Waals surface area (Å²) in [6.07, 6.45) is 1.19. The summed E-state index contributed by atoms with van der Waals surface area (Å²) in [4.78, 5) is 2.57. The van der Waals surface area contributed by atoms with Crippen LogP contribution in [0.2, 0.25) is 0 Å². The topological polar surface area (TPSA) is 15.3 Å². The SMILES string of the molecule is CC1CC(Nc2ccc3cc(Br)ccc3c2)CN1Cc1ccccc1. The summed E-state index contributed by atoms with van der Waals surface area (Å²) >= 11 is 3.54. The molecular weight excluding hydrogens is 372 g/mol. The maximum absolute atomic E-state index is 3.74. The van der Waals surface area contributed by atoms with Crippen LogP contribution in [0, 0.1) is 0 Å². The van der Waals surface area contributed by atoms with Gasteiger partial charge in [-0.2, -0.15) is 0 Å². The maximum Gasteiger partial charge on any atom is 0.0403 e. The quantitative estimate of drug-likeness (QED) is 0.612. The molecule has 0 spiro atoms. The Bertz CT molecular complexity index is 862. The number of halogens is 1. The zero-order valence-electron chi connectivity index (χ0n) is 14.5. The summed E-state index contributed by atoms with van der Waals surface area (Å²) in [5.74, 6) is 0. The first-order valence-corrected chi connectivity index (χ1v) is 9.70. The van der Waals surface area contributed by atoms with Crippen molar-refractivity contribution in [2.24, 2.45) is 0 Å². The van der Waals surface area contributed by atoms with Gasteiger partial charge in [0.15, 0.2) is 0 Å². The standard InChI is InChI=1S/C22H23BrN2/c1-16-11-22(15-25(16)14-17-5-3-2-4-6-17)24-21-10-8-18-12-20(23)9-7-19(18)13-21/h2-10,12-13,16,22,24H,11,14-15H2,1H3. The Morgan fingerprint density at radius 2 is 1.76 bits per heavy atom. The van der Waals surface area contributed by atoms with Gasteiger partial charge in [-0.25, -0.2) is 0 Å². The minimum atomic E-state index is 0.506. The molecule has 1 aliphatic rings. The molecule has 25 heavy (non-hydrogen) atoms. The smallest absolute Gasteiger partial charge is 0.0403 e. The van der Waals surface area contributed by atoms with Gasteiger partial charge in [-0.15, -0.1) is 0 Å². The molecule has 0 amide bonds. The molecular formula is C22H23BrN2. The average Bonchev–Trinajstić information content (AvgIpc) is 2.95. The third-order valence-electron chi connectivity index (χ3n) is 5.11. The lowest BCUT2D eigenvalue weighted by Crippen LogP contribution is -2.28. The minimum Gasteiger partial charge on any atom is -0.381 e. The first kappa shape index (κ1) is 16.6. The van der Waals surface area contributed by atoms with E-state index in [1.54, 1.807) is 0 Å². The Morgan fingerprint density at radius 3 is 2.60 bits per heavy atom. The fraction of sp³-hybridized carbons (Fsp3) is 0.273. The minimum absolute atomic E-state index is 0.506. The zero-order chi connectivity index (χ0) is 17.2. The van der Waals surface area contributed by atoms with Gasteiger partial charge in [0.25, 0.3) is 0 Å². The van der Waals surface area contributed by atoms with Gasteiger partial charge in [-0.05, 0) is 53.9 Å². The lowest BCUT2D eigenvalue weighted by atomic mass is 10.1. The molecule has 0 aromatic heterocycles. The van der Waals surface area contributed by atoms with E-state index < -0.39 is 0 Å². The highest BCUT2D eigenvalue weighted by Gasteiger charge is 2.28. The Balaban J connectivity index is 1.44. The molecule has 0 bridgehead atoms. The lowest BCUT2D eigenvalue weighted by molar-refractivity contribution is 0.259. The third-order valence-corrected chi connectivity index (χ3v) is 5.60. The van der Waals surface area contributed by atoms with E-state index in [1.165, 1.54) is 28.4 Å². The molecule has 128 valence electrons. The van der Waals surface area contributed by atoms with E-state index in [2.05, 4.69) is 99.8 Å². The van der Waals surface area contributed by atoms with Crippen molar-refractivity contribution >= 4 is 32.4 Å². The number of nitrogens with zero attached hydrogens (tertiary/aromatic N) is 1. The Morgan fingerprint density at radius 1 is 1.00 bits per heavy atom. The summed E-state index contributed by atoms with van der Waals surface area (Å²) < 4.78 is 1.13. The van der Waals surface area contributed by atoms with Crippen LogP contribution in [0.15, 0.2) is 71.2 Å². The molecule has 1 fully saturated rings. The number of fused-ring (bicyclic) bond motifs is 1. The molecule has 0 saturated carbocycles. The molecule has 2 unspecified atom stereocenters. The van der Waals surface area contributed by atoms with Crippen molar-refractivity contribution in [2.75, 3.05) is 11.9 Å². The Labute approximate surface area is 158 Å². The van der Waals surface area contributed by atoms with Gasteiger partial charge in [0.1, 0.15) is 0 Å². The van der Waals surface area contributed by atoms with E-state index in [9.17, 15) is 0 Å². The van der Waals surface area contributed by atoms with Crippen LogP contribution in [0.1, 0.15) is 18.9 Å². The summed E-state index contributed by atoms with van der Waals surface area (Å²) in [6, 6.07) is 25.0. The number of benzene rings is 3. The van der Waals surface area contributed by atoms with Crippen LogP contribution in [0.25, 0.3) is 10.8 Å². The predicted octanol–water partition coefficient (Wildman–Crippen LogP) is 5.68. The van der Waals surface area contributed by atoms with Crippen molar-refractivity contribution in [3.8, 4) is 0 Å². The van der Waals surface area contributed by atoms with Gasteiger partial charge in [0.05, 0.1) is 0 Å². The fourth-order valence-electron chi connectivity index (χ4n) is 3.78. The van der Waals surface area contributed by atoms with Crippen molar-refractivity contribution < 1.29 is 0 Å². The molecule has 2 atom stereocenters. The molecule has 1 saturated heterocycles. The lowest BCUT2D eigenvalue weighted by Gasteiger charge is -2.21. The highest BCUT2D eigenvalue weighted by molar-refractivity contribution is 9.10.